The van der Waals surface area contributed by atoms with Gasteiger partial charge >= 0.3 is 0 Å². The molecule has 2 amide bonds. The molecule has 144 valence electrons. The molecule has 0 saturated carbocycles. The SMILES string of the molecule is CC(C(=O)Nc1ccc(NC(=O)c2ccc(N(C)C)cc2)cc1)n1cncn1. The fraction of sp³-hybridized carbons (Fsp3) is 0.200. The summed E-state index contributed by atoms with van der Waals surface area (Å²) in [7, 11) is 3.89. The summed E-state index contributed by atoms with van der Waals surface area (Å²) in [5, 5.41) is 9.62. The van der Waals surface area contributed by atoms with Crippen molar-refractivity contribution < 1.29 is 9.59 Å². The van der Waals surface area contributed by atoms with E-state index in [0.29, 0.717) is 16.9 Å². The molecule has 28 heavy (non-hydrogen) atoms. The van der Waals surface area contributed by atoms with Gasteiger partial charge in [0.15, 0.2) is 0 Å². The molecule has 8 nitrogen and oxygen atoms in total. The van der Waals surface area contributed by atoms with Crippen molar-refractivity contribution in [3.8, 4) is 0 Å². The van der Waals surface area contributed by atoms with E-state index in [1.54, 1.807) is 43.3 Å². The molecule has 0 aliphatic rings. The van der Waals surface area contributed by atoms with Crippen molar-refractivity contribution in [3.63, 3.8) is 0 Å². The molecule has 8 heteroatoms. The van der Waals surface area contributed by atoms with Crippen molar-refractivity contribution in [2.75, 3.05) is 29.6 Å². The molecule has 0 radical (unpaired) electrons. The largest absolute Gasteiger partial charge is 0.378 e. The van der Waals surface area contributed by atoms with Crippen LogP contribution < -0.4 is 15.5 Å². The maximum atomic E-state index is 12.4. The van der Waals surface area contributed by atoms with Crippen LogP contribution >= 0.6 is 0 Å². The van der Waals surface area contributed by atoms with Crippen LogP contribution in [0.2, 0.25) is 0 Å². The third-order valence-corrected chi connectivity index (χ3v) is 4.27. The highest BCUT2D eigenvalue weighted by Crippen LogP contribution is 2.17. The zero-order chi connectivity index (χ0) is 20.1. The Morgan fingerprint density at radius 1 is 0.964 bits per heavy atom. The highest BCUT2D eigenvalue weighted by molar-refractivity contribution is 6.04. The van der Waals surface area contributed by atoms with Gasteiger partial charge in [0.25, 0.3) is 5.91 Å². The molecular weight excluding hydrogens is 356 g/mol. The average Bonchev–Trinajstić information content (AvgIpc) is 3.23. The van der Waals surface area contributed by atoms with Gasteiger partial charge in [-0.15, -0.1) is 0 Å². The van der Waals surface area contributed by atoms with Crippen LogP contribution in [0.15, 0.2) is 61.2 Å². The van der Waals surface area contributed by atoms with Crippen LogP contribution in [0.3, 0.4) is 0 Å². The number of hydrogen-bond acceptors (Lipinski definition) is 5. The Morgan fingerprint density at radius 3 is 2.11 bits per heavy atom. The molecule has 1 atom stereocenters. The molecule has 0 spiro atoms. The molecule has 2 N–H and O–H groups in total. The molecule has 2 aromatic carbocycles. The van der Waals surface area contributed by atoms with Crippen molar-refractivity contribution in [1.82, 2.24) is 14.8 Å². The standard InChI is InChI=1S/C20H22N6O2/c1-14(26-13-21-12-22-26)19(27)23-16-6-8-17(9-7-16)24-20(28)15-4-10-18(11-5-15)25(2)3/h4-14H,1-3H3,(H,23,27)(H,24,28). The number of nitrogens with one attached hydrogen (secondary N) is 2. The van der Waals surface area contributed by atoms with E-state index < -0.39 is 6.04 Å². The molecule has 0 saturated heterocycles. The second-order valence-corrected chi connectivity index (χ2v) is 6.51. The van der Waals surface area contributed by atoms with Gasteiger partial charge in [-0.25, -0.2) is 9.67 Å². The van der Waals surface area contributed by atoms with E-state index in [2.05, 4.69) is 20.7 Å². The zero-order valence-electron chi connectivity index (χ0n) is 16.0. The lowest BCUT2D eigenvalue weighted by Crippen LogP contribution is -2.24. The first-order valence-corrected chi connectivity index (χ1v) is 8.78. The van der Waals surface area contributed by atoms with Crippen molar-refractivity contribution in [2.45, 2.75) is 13.0 Å². The van der Waals surface area contributed by atoms with Crippen molar-refractivity contribution in [2.24, 2.45) is 0 Å². The summed E-state index contributed by atoms with van der Waals surface area (Å²) in [5.41, 5.74) is 2.87. The van der Waals surface area contributed by atoms with Crippen molar-refractivity contribution in [1.29, 1.82) is 0 Å². The first kappa shape index (κ1) is 19.1. The van der Waals surface area contributed by atoms with Gasteiger partial charge in [0.05, 0.1) is 0 Å². The Hall–Kier alpha value is -3.68. The topological polar surface area (TPSA) is 92.2 Å². The molecule has 0 aliphatic carbocycles. The van der Waals surface area contributed by atoms with Gasteiger partial charge in [0.1, 0.15) is 18.7 Å². The van der Waals surface area contributed by atoms with Crippen LogP contribution in [-0.4, -0.2) is 40.7 Å². The maximum absolute atomic E-state index is 12.4. The molecule has 1 heterocycles. The van der Waals surface area contributed by atoms with Gasteiger partial charge in [-0.05, 0) is 55.5 Å². The lowest BCUT2D eigenvalue weighted by Gasteiger charge is -2.13. The van der Waals surface area contributed by atoms with Gasteiger partial charge in [0.2, 0.25) is 5.91 Å². The molecule has 0 fully saturated rings. The number of aromatic nitrogens is 3. The smallest absolute Gasteiger partial charge is 0.255 e. The van der Waals surface area contributed by atoms with E-state index in [0.717, 1.165) is 5.69 Å². The highest BCUT2D eigenvalue weighted by atomic mass is 16.2. The van der Waals surface area contributed by atoms with Gasteiger partial charge in [0, 0.05) is 36.7 Å². The summed E-state index contributed by atoms with van der Waals surface area (Å²) in [6.07, 6.45) is 2.88. The van der Waals surface area contributed by atoms with E-state index in [1.807, 2.05) is 31.1 Å². The van der Waals surface area contributed by atoms with E-state index in [9.17, 15) is 9.59 Å². The molecule has 1 unspecified atom stereocenters. The molecule has 3 aromatic rings. The van der Waals surface area contributed by atoms with Crippen molar-refractivity contribution >= 4 is 28.9 Å². The second kappa shape index (κ2) is 8.34. The second-order valence-electron chi connectivity index (χ2n) is 6.51. The van der Waals surface area contributed by atoms with Crippen LogP contribution in [0.4, 0.5) is 17.1 Å². The maximum Gasteiger partial charge on any atom is 0.255 e. The van der Waals surface area contributed by atoms with Crippen LogP contribution in [-0.2, 0) is 4.79 Å². The fourth-order valence-corrected chi connectivity index (χ4v) is 2.54. The van der Waals surface area contributed by atoms with Crippen LogP contribution in [0.25, 0.3) is 0 Å². The summed E-state index contributed by atoms with van der Waals surface area (Å²) >= 11 is 0. The normalized spacial score (nSPS) is 11.5. The minimum Gasteiger partial charge on any atom is -0.378 e. The van der Waals surface area contributed by atoms with Crippen molar-refractivity contribution in [3.05, 3.63) is 66.7 Å². The number of amides is 2. The number of anilines is 3. The number of benzene rings is 2. The van der Waals surface area contributed by atoms with Gasteiger partial charge in [-0.1, -0.05) is 0 Å². The van der Waals surface area contributed by atoms with E-state index in [1.165, 1.54) is 17.3 Å². The van der Waals surface area contributed by atoms with E-state index in [-0.39, 0.29) is 11.8 Å². The fourth-order valence-electron chi connectivity index (χ4n) is 2.54. The van der Waals surface area contributed by atoms with E-state index in [4.69, 9.17) is 0 Å². The lowest BCUT2D eigenvalue weighted by molar-refractivity contribution is -0.119. The lowest BCUT2D eigenvalue weighted by atomic mass is 10.2. The Bertz CT molecular complexity index is 934. The summed E-state index contributed by atoms with van der Waals surface area (Å²) in [4.78, 5) is 30.4. The summed E-state index contributed by atoms with van der Waals surface area (Å²) in [5.74, 6) is -0.398. The summed E-state index contributed by atoms with van der Waals surface area (Å²) in [6.45, 7) is 1.74. The minimum atomic E-state index is -0.480. The number of carbonyl (C=O) groups is 2. The molecule has 3 rings (SSSR count). The first-order chi connectivity index (χ1) is 13.4. The van der Waals surface area contributed by atoms with Crippen LogP contribution in [0, 0.1) is 0 Å². The molecule has 0 bridgehead atoms. The zero-order valence-corrected chi connectivity index (χ0v) is 16.0. The number of hydrogen-bond donors (Lipinski definition) is 2. The van der Waals surface area contributed by atoms with E-state index >= 15 is 0 Å². The first-order valence-electron chi connectivity index (χ1n) is 8.78. The Balaban J connectivity index is 1.59. The number of nitrogens with zero attached hydrogens (tertiary/aromatic N) is 4. The highest BCUT2D eigenvalue weighted by Gasteiger charge is 2.15. The molecule has 0 aliphatic heterocycles. The van der Waals surface area contributed by atoms with Gasteiger partial charge in [-0.3, -0.25) is 9.59 Å². The monoisotopic (exact) mass is 378 g/mol. The third kappa shape index (κ3) is 4.53. The van der Waals surface area contributed by atoms with Crippen LogP contribution in [0.5, 0.6) is 0 Å². The molecular formula is C20H22N6O2. The Kier molecular flexibility index (Phi) is 5.69. The average molecular weight is 378 g/mol. The predicted octanol–water partition coefficient (Wildman–Crippen LogP) is 2.80. The minimum absolute atomic E-state index is 0.193. The molecule has 1 aromatic heterocycles. The predicted molar refractivity (Wildman–Crippen MR) is 109 cm³/mol. The quantitative estimate of drug-likeness (QED) is 0.688. The number of carbonyl (C=O) groups excluding carboxylic acids is 2. The van der Waals surface area contributed by atoms with Gasteiger partial charge < -0.3 is 15.5 Å². The Labute approximate surface area is 163 Å². The third-order valence-electron chi connectivity index (χ3n) is 4.27. The van der Waals surface area contributed by atoms with Gasteiger partial charge in [-0.2, -0.15) is 5.10 Å². The van der Waals surface area contributed by atoms with Crippen LogP contribution in [0.1, 0.15) is 23.3 Å². The summed E-state index contributed by atoms with van der Waals surface area (Å²) in [6, 6.07) is 13.8. The number of rotatable bonds is 6. The summed E-state index contributed by atoms with van der Waals surface area (Å²) < 4.78 is 1.48. The Morgan fingerprint density at radius 2 is 1.57 bits per heavy atom.